The molecule has 0 aliphatic carbocycles. The van der Waals surface area contributed by atoms with Crippen molar-refractivity contribution in [2.45, 2.75) is 32.7 Å². The summed E-state index contributed by atoms with van der Waals surface area (Å²) in [4.78, 5) is 22.7. The molecular weight excluding hydrogens is 867 g/mol. The van der Waals surface area contributed by atoms with E-state index in [2.05, 4.69) is 89.4 Å². The molecule has 0 spiro atoms. The van der Waals surface area contributed by atoms with Crippen LogP contribution < -0.4 is 34.5 Å². The molecule has 2 N–H and O–H groups in total. The minimum absolute atomic E-state index is 0.333. The molecule has 63 heavy (non-hydrogen) atoms. The van der Waals surface area contributed by atoms with Gasteiger partial charge in [0, 0.05) is 83.4 Å². The summed E-state index contributed by atoms with van der Waals surface area (Å²) in [6.45, 7) is 8.70. The summed E-state index contributed by atoms with van der Waals surface area (Å²) < 4.78 is 39.4. The number of nitrogens with one attached hydrogen (secondary N) is 2. The van der Waals surface area contributed by atoms with Gasteiger partial charge in [0.05, 0.1) is 68.3 Å². The van der Waals surface area contributed by atoms with Crippen molar-refractivity contribution in [3.8, 4) is 34.3 Å². The maximum atomic E-state index is 14.3. The summed E-state index contributed by atoms with van der Waals surface area (Å²) in [6, 6.07) is 21.0. The Kier molecular flexibility index (Phi) is 14.9. The number of hydrogen-bond donors (Lipinski definition) is 2. The van der Waals surface area contributed by atoms with Crippen LogP contribution in [-0.2, 0) is 7.05 Å². The molecule has 4 aromatic carbocycles. The number of nitrogens with zero attached hydrogens (tertiary/aromatic N) is 8. The first-order valence-corrected chi connectivity index (χ1v) is 21.7. The molecule has 0 amide bonds. The Morgan fingerprint density at radius 1 is 0.825 bits per heavy atom. The molecule has 16 heteroatoms. The van der Waals surface area contributed by atoms with E-state index in [9.17, 15) is 4.39 Å². The third kappa shape index (κ3) is 11.5. The summed E-state index contributed by atoms with van der Waals surface area (Å²) in [6.07, 6.45) is 9.23. The number of aromatic nitrogens is 6. The van der Waals surface area contributed by atoms with Crippen molar-refractivity contribution in [2.24, 2.45) is 13.0 Å². The molecule has 0 radical (unpaired) electrons. The van der Waals surface area contributed by atoms with Crippen molar-refractivity contribution in [3.05, 3.63) is 102 Å². The first kappa shape index (κ1) is 44.9. The lowest BCUT2D eigenvalue weighted by molar-refractivity contribution is 0.157. The Labute approximate surface area is 375 Å². The quantitative estimate of drug-likeness (QED) is 0.101. The van der Waals surface area contributed by atoms with Crippen LogP contribution in [0.5, 0.6) is 23.0 Å². The van der Waals surface area contributed by atoms with E-state index in [1.54, 1.807) is 50.5 Å². The SMILES string of the molecule is COc1cc(OC)cc(N(CCNC(C)C)c2ccc3ncc(-c4cnn(C)c4)nc3c2)c1.COc1cc2c(Nc3ccc(Br)cc3F)ncnc2cc1OCC1CCN(C)CC1. The maximum Gasteiger partial charge on any atom is 0.163 e. The fourth-order valence-corrected chi connectivity index (χ4v) is 7.60. The van der Waals surface area contributed by atoms with Gasteiger partial charge in [0.25, 0.3) is 0 Å². The van der Waals surface area contributed by atoms with Crippen molar-refractivity contribution in [1.29, 1.82) is 0 Å². The Hall–Kier alpha value is -6.10. The Bertz CT molecular complexity index is 2620. The Morgan fingerprint density at radius 2 is 1.60 bits per heavy atom. The van der Waals surface area contributed by atoms with Gasteiger partial charge in [-0.2, -0.15) is 5.10 Å². The number of benzene rings is 4. The monoisotopic (exact) mass is 920 g/mol. The van der Waals surface area contributed by atoms with Crippen LogP contribution in [0.1, 0.15) is 26.7 Å². The lowest BCUT2D eigenvalue weighted by Crippen LogP contribution is -2.32. The zero-order chi connectivity index (χ0) is 44.5. The van der Waals surface area contributed by atoms with Gasteiger partial charge in [0.2, 0.25) is 0 Å². The van der Waals surface area contributed by atoms with Crippen molar-refractivity contribution in [3.63, 3.8) is 0 Å². The van der Waals surface area contributed by atoms with Gasteiger partial charge in [-0.15, -0.1) is 0 Å². The van der Waals surface area contributed by atoms with Crippen molar-refractivity contribution < 1.29 is 23.3 Å². The molecule has 0 unspecified atom stereocenters. The van der Waals surface area contributed by atoms with Gasteiger partial charge in [-0.3, -0.25) is 9.67 Å². The van der Waals surface area contributed by atoms with Gasteiger partial charge in [-0.1, -0.05) is 29.8 Å². The number of anilines is 4. The lowest BCUT2D eigenvalue weighted by Gasteiger charge is -2.28. The van der Waals surface area contributed by atoms with E-state index in [0.29, 0.717) is 51.6 Å². The van der Waals surface area contributed by atoms with E-state index < -0.39 is 0 Å². The summed E-state index contributed by atoms with van der Waals surface area (Å²) in [7, 11) is 8.97. The van der Waals surface area contributed by atoms with Crippen LogP contribution in [0.2, 0.25) is 0 Å². The summed E-state index contributed by atoms with van der Waals surface area (Å²) in [5, 5.41) is 11.5. The number of likely N-dealkylation sites (tertiary alicyclic amines) is 1. The van der Waals surface area contributed by atoms with Crippen LogP contribution >= 0.6 is 15.9 Å². The highest BCUT2D eigenvalue weighted by Gasteiger charge is 2.20. The fourth-order valence-electron chi connectivity index (χ4n) is 7.27. The zero-order valence-electron chi connectivity index (χ0n) is 36.7. The Balaban J connectivity index is 0.000000190. The van der Waals surface area contributed by atoms with Gasteiger partial charge < -0.3 is 39.4 Å². The number of hydrogen-bond acceptors (Lipinski definition) is 13. The normalized spacial score (nSPS) is 13.2. The number of piperidine rings is 1. The molecule has 330 valence electrons. The molecule has 7 aromatic rings. The molecule has 0 atom stereocenters. The maximum absolute atomic E-state index is 14.3. The average molecular weight is 922 g/mol. The van der Waals surface area contributed by atoms with Gasteiger partial charge in [0.1, 0.15) is 29.5 Å². The number of fused-ring (bicyclic) bond motifs is 2. The van der Waals surface area contributed by atoms with Crippen LogP contribution in [0.25, 0.3) is 33.2 Å². The van der Waals surface area contributed by atoms with Gasteiger partial charge in [-0.05, 0) is 81.4 Å². The predicted molar refractivity (Wildman–Crippen MR) is 251 cm³/mol. The van der Waals surface area contributed by atoms with Crippen LogP contribution in [0.3, 0.4) is 0 Å². The molecule has 1 saturated heterocycles. The average Bonchev–Trinajstić information content (AvgIpc) is 3.73. The van der Waals surface area contributed by atoms with E-state index in [0.717, 1.165) is 89.6 Å². The Morgan fingerprint density at radius 3 is 2.29 bits per heavy atom. The standard InChI is InChI=1S/C25H30N6O2.C22H24BrFN4O2/c1-17(2)26-8-9-31(20-10-21(32-4)13-22(11-20)33-5)19-6-7-23-24(12-19)29-25(15-27-23)18-14-28-30(3)16-18;1-28-7-5-14(6-8-28)12-30-21-11-19-16(10-20(21)29-2)22(26-13-25-19)27-18-4-3-15(23)9-17(18)24/h6-7,10-17,26H,8-9H2,1-5H3;3-4,9-11,13-14H,5-8,12H2,1-2H3,(H,25,26,27). The molecule has 3 aromatic heterocycles. The van der Waals surface area contributed by atoms with Crippen LogP contribution in [0.15, 0.2) is 96.1 Å². The van der Waals surface area contributed by atoms with Gasteiger partial charge in [-0.25, -0.2) is 19.3 Å². The minimum atomic E-state index is -0.374. The van der Waals surface area contributed by atoms with Crippen LogP contribution in [0.4, 0.5) is 27.3 Å². The first-order valence-electron chi connectivity index (χ1n) is 20.9. The molecule has 1 fully saturated rings. The smallest absolute Gasteiger partial charge is 0.163 e. The van der Waals surface area contributed by atoms with E-state index >= 15 is 0 Å². The van der Waals surface area contributed by atoms with Crippen LogP contribution in [-0.4, -0.2) is 102 Å². The van der Waals surface area contributed by atoms with E-state index in [-0.39, 0.29) is 5.82 Å². The molecule has 0 saturated carbocycles. The van der Waals surface area contributed by atoms with Gasteiger partial charge >= 0.3 is 0 Å². The number of rotatable bonds is 15. The topological polar surface area (TPSA) is 137 Å². The largest absolute Gasteiger partial charge is 0.497 e. The van der Waals surface area contributed by atoms with Crippen molar-refractivity contribution in [2.75, 3.05) is 71.4 Å². The summed E-state index contributed by atoms with van der Waals surface area (Å²) >= 11 is 3.27. The third-order valence-corrected chi connectivity index (χ3v) is 11.3. The molecule has 4 heterocycles. The molecular formula is C47H54BrFN10O4. The second-order valence-electron chi connectivity index (χ2n) is 15.7. The lowest BCUT2D eigenvalue weighted by atomic mass is 9.98. The second-order valence-corrected chi connectivity index (χ2v) is 16.6. The first-order chi connectivity index (χ1) is 30.5. The minimum Gasteiger partial charge on any atom is -0.497 e. The van der Waals surface area contributed by atoms with E-state index in [1.165, 1.54) is 12.4 Å². The number of aryl methyl sites for hydroxylation is 1. The van der Waals surface area contributed by atoms with Crippen molar-refractivity contribution >= 4 is 60.7 Å². The predicted octanol–water partition coefficient (Wildman–Crippen LogP) is 9.19. The van der Waals surface area contributed by atoms with Gasteiger partial charge in [0.15, 0.2) is 11.5 Å². The highest BCUT2D eigenvalue weighted by Crippen LogP contribution is 2.37. The fraction of sp³-hybridized carbons (Fsp3) is 0.340. The molecule has 8 rings (SSSR count). The summed E-state index contributed by atoms with van der Waals surface area (Å²) in [5.41, 5.74) is 6.43. The van der Waals surface area contributed by atoms with E-state index in [4.69, 9.17) is 23.9 Å². The highest BCUT2D eigenvalue weighted by molar-refractivity contribution is 9.10. The molecule has 1 aliphatic rings. The number of halogens is 2. The molecule has 1 aliphatic heterocycles. The van der Waals surface area contributed by atoms with Crippen LogP contribution in [0, 0.1) is 11.7 Å². The van der Waals surface area contributed by atoms with E-state index in [1.807, 2.05) is 49.6 Å². The highest BCUT2D eigenvalue weighted by atomic mass is 79.9. The van der Waals surface area contributed by atoms with Crippen molar-refractivity contribution in [1.82, 2.24) is 39.9 Å². The molecule has 0 bridgehead atoms. The third-order valence-electron chi connectivity index (χ3n) is 10.8. The summed E-state index contributed by atoms with van der Waals surface area (Å²) in [5.74, 6) is 3.40. The molecule has 14 nitrogen and oxygen atoms in total. The second kappa shape index (κ2) is 20.8. The number of methoxy groups -OCH3 is 3. The number of ether oxygens (including phenoxy) is 4. The zero-order valence-corrected chi connectivity index (χ0v) is 38.3.